The number of nitrogens with zero attached hydrogens (tertiary/aromatic N) is 1. The largest absolute Gasteiger partial charge is 0.343 e. The SMILES string of the molecule is CC(=O)N1CCC(NCC2CCCC(C)C2)CC1. The molecular formula is C15H28N2O. The zero-order chi connectivity index (χ0) is 13.0. The fourth-order valence-electron chi connectivity index (χ4n) is 3.48. The molecule has 0 bridgehead atoms. The molecule has 0 aromatic rings. The highest BCUT2D eigenvalue weighted by atomic mass is 16.2. The maximum atomic E-state index is 11.3. The Hall–Kier alpha value is -0.570. The molecule has 0 radical (unpaired) electrons. The van der Waals surface area contributed by atoms with Crippen molar-refractivity contribution in [2.75, 3.05) is 19.6 Å². The predicted octanol–water partition coefficient (Wildman–Crippen LogP) is 2.41. The van der Waals surface area contributed by atoms with Gasteiger partial charge in [-0.05, 0) is 44.1 Å². The third-order valence-corrected chi connectivity index (χ3v) is 4.68. The standard InChI is InChI=1S/C15H28N2O/c1-12-4-3-5-14(10-12)11-16-15-6-8-17(9-7-15)13(2)18/h12,14-16H,3-11H2,1-2H3. The van der Waals surface area contributed by atoms with Crippen LogP contribution in [0.2, 0.25) is 0 Å². The highest BCUT2D eigenvalue weighted by Crippen LogP contribution is 2.28. The number of hydrogen-bond donors (Lipinski definition) is 1. The van der Waals surface area contributed by atoms with Gasteiger partial charge in [0.25, 0.3) is 0 Å². The average molecular weight is 252 g/mol. The summed E-state index contributed by atoms with van der Waals surface area (Å²) < 4.78 is 0. The molecule has 0 aromatic carbocycles. The minimum absolute atomic E-state index is 0.231. The van der Waals surface area contributed by atoms with Gasteiger partial charge in [0.2, 0.25) is 5.91 Å². The fourth-order valence-corrected chi connectivity index (χ4v) is 3.48. The smallest absolute Gasteiger partial charge is 0.219 e. The molecule has 1 aliphatic heterocycles. The molecule has 3 nitrogen and oxygen atoms in total. The van der Waals surface area contributed by atoms with Crippen LogP contribution in [0.15, 0.2) is 0 Å². The van der Waals surface area contributed by atoms with E-state index in [0.717, 1.165) is 37.8 Å². The summed E-state index contributed by atoms with van der Waals surface area (Å²) in [5.41, 5.74) is 0. The Balaban J connectivity index is 1.64. The number of likely N-dealkylation sites (tertiary alicyclic amines) is 1. The lowest BCUT2D eigenvalue weighted by atomic mass is 9.82. The van der Waals surface area contributed by atoms with Crippen LogP contribution in [0.4, 0.5) is 0 Å². The van der Waals surface area contributed by atoms with E-state index in [2.05, 4.69) is 12.2 Å². The maximum Gasteiger partial charge on any atom is 0.219 e. The Labute approximate surface area is 111 Å². The third-order valence-electron chi connectivity index (χ3n) is 4.68. The van der Waals surface area contributed by atoms with Crippen LogP contribution in [0, 0.1) is 11.8 Å². The van der Waals surface area contributed by atoms with Gasteiger partial charge in [-0.25, -0.2) is 0 Å². The van der Waals surface area contributed by atoms with Gasteiger partial charge in [-0.1, -0.05) is 19.8 Å². The van der Waals surface area contributed by atoms with Gasteiger partial charge in [0.05, 0.1) is 0 Å². The lowest BCUT2D eigenvalue weighted by Gasteiger charge is -2.34. The van der Waals surface area contributed by atoms with Gasteiger partial charge in [-0.3, -0.25) is 4.79 Å². The minimum Gasteiger partial charge on any atom is -0.343 e. The van der Waals surface area contributed by atoms with Crippen LogP contribution >= 0.6 is 0 Å². The van der Waals surface area contributed by atoms with E-state index in [-0.39, 0.29) is 5.91 Å². The van der Waals surface area contributed by atoms with E-state index in [4.69, 9.17) is 0 Å². The Morgan fingerprint density at radius 3 is 2.56 bits per heavy atom. The molecule has 1 amide bonds. The topological polar surface area (TPSA) is 32.3 Å². The Morgan fingerprint density at radius 1 is 1.22 bits per heavy atom. The number of nitrogens with one attached hydrogen (secondary N) is 1. The van der Waals surface area contributed by atoms with Gasteiger partial charge in [-0.15, -0.1) is 0 Å². The van der Waals surface area contributed by atoms with Crippen molar-refractivity contribution in [2.45, 2.75) is 58.4 Å². The average Bonchev–Trinajstić information content (AvgIpc) is 2.37. The summed E-state index contributed by atoms with van der Waals surface area (Å²) in [6.07, 6.45) is 7.90. The van der Waals surface area contributed by atoms with Crippen molar-refractivity contribution >= 4 is 5.91 Å². The van der Waals surface area contributed by atoms with E-state index in [1.807, 2.05) is 4.90 Å². The molecule has 2 fully saturated rings. The van der Waals surface area contributed by atoms with Crippen LogP contribution in [-0.4, -0.2) is 36.5 Å². The summed E-state index contributed by atoms with van der Waals surface area (Å²) in [7, 11) is 0. The minimum atomic E-state index is 0.231. The quantitative estimate of drug-likeness (QED) is 0.836. The van der Waals surface area contributed by atoms with Gasteiger partial charge in [0.1, 0.15) is 0 Å². The summed E-state index contributed by atoms with van der Waals surface area (Å²) >= 11 is 0. The van der Waals surface area contributed by atoms with E-state index in [1.54, 1.807) is 6.92 Å². The van der Waals surface area contributed by atoms with Crippen molar-refractivity contribution in [3.8, 4) is 0 Å². The summed E-state index contributed by atoms with van der Waals surface area (Å²) in [5.74, 6) is 2.04. The van der Waals surface area contributed by atoms with Crippen LogP contribution in [0.1, 0.15) is 52.4 Å². The lowest BCUT2D eigenvalue weighted by Crippen LogP contribution is -2.45. The first-order valence-electron chi connectivity index (χ1n) is 7.64. The molecule has 18 heavy (non-hydrogen) atoms. The van der Waals surface area contributed by atoms with Crippen LogP contribution in [0.3, 0.4) is 0 Å². The van der Waals surface area contributed by atoms with Gasteiger partial charge in [0, 0.05) is 26.1 Å². The molecule has 0 aromatic heterocycles. The number of carbonyl (C=O) groups is 1. The fraction of sp³-hybridized carbons (Fsp3) is 0.933. The van der Waals surface area contributed by atoms with E-state index < -0.39 is 0 Å². The van der Waals surface area contributed by atoms with Crippen molar-refractivity contribution < 1.29 is 4.79 Å². The zero-order valence-electron chi connectivity index (χ0n) is 12.0. The van der Waals surface area contributed by atoms with Crippen LogP contribution in [-0.2, 0) is 4.79 Å². The summed E-state index contributed by atoms with van der Waals surface area (Å²) in [5, 5.41) is 3.73. The molecule has 1 aliphatic carbocycles. The first-order chi connectivity index (χ1) is 8.65. The molecule has 2 unspecified atom stereocenters. The van der Waals surface area contributed by atoms with Gasteiger partial charge < -0.3 is 10.2 Å². The molecule has 104 valence electrons. The molecular weight excluding hydrogens is 224 g/mol. The van der Waals surface area contributed by atoms with Crippen LogP contribution < -0.4 is 5.32 Å². The molecule has 1 heterocycles. The van der Waals surface area contributed by atoms with Crippen molar-refractivity contribution in [1.29, 1.82) is 0 Å². The summed E-state index contributed by atoms with van der Waals surface area (Å²) in [6.45, 7) is 7.13. The molecule has 2 rings (SSSR count). The lowest BCUT2D eigenvalue weighted by molar-refractivity contribution is -0.129. The van der Waals surface area contributed by atoms with Crippen molar-refractivity contribution in [1.82, 2.24) is 10.2 Å². The molecule has 1 saturated carbocycles. The molecule has 3 heteroatoms. The van der Waals surface area contributed by atoms with Crippen LogP contribution in [0.5, 0.6) is 0 Å². The second-order valence-corrected chi connectivity index (χ2v) is 6.33. The predicted molar refractivity (Wildman–Crippen MR) is 74.4 cm³/mol. The highest BCUT2D eigenvalue weighted by molar-refractivity contribution is 5.73. The number of amides is 1. The monoisotopic (exact) mass is 252 g/mol. The molecule has 2 aliphatic rings. The van der Waals surface area contributed by atoms with E-state index in [0.29, 0.717) is 6.04 Å². The van der Waals surface area contributed by atoms with E-state index in [1.165, 1.54) is 32.2 Å². The van der Waals surface area contributed by atoms with E-state index >= 15 is 0 Å². The Kier molecular flexibility index (Phi) is 5.04. The van der Waals surface area contributed by atoms with Crippen LogP contribution in [0.25, 0.3) is 0 Å². The van der Waals surface area contributed by atoms with E-state index in [9.17, 15) is 4.79 Å². The van der Waals surface area contributed by atoms with Gasteiger partial charge >= 0.3 is 0 Å². The molecule has 1 saturated heterocycles. The normalized spacial score (nSPS) is 30.4. The van der Waals surface area contributed by atoms with Crippen molar-refractivity contribution in [3.63, 3.8) is 0 Å². The second kappa shape index (κ2) is 6.55. The first-order valence-corrected chi connectivity index (χ1v) is 7.64. The number of rotatable bonds is 3. The maximum absolute atomic E-state index is 11.3. The van der Waals surface area contributed by atoms with Gasteiger partial charge in [-0.2, -0.15) is 0 Å². The Morgan fingerprint density at radius 2 is 1.94 bits per heavy atom. The number of hydrogen-bond acceptors (Lipinski definition) is 2. The van der Waals surface area contributed by atoms with Crippen molar-refractivity contribution in [3.05, 3.63) is 0 Å². The number of piperidine rings is 1. The molecule has 1 N–H and O–H groups in total. The third kappa shape index (κ3) is 3.98. The highest BCUT2D eigenvalue weighted by Gasteiger charge is 2.23. The second-order valence-electron chi connectivity index (χ2n) is 6.33. The number of carbonyl (C=O) groups excluding carboxylic acids is 1. The zero-order valence-corrected chi connectivity index (χ0v) is 12.0. The molecule has 0 spiro atoms. The first kappa shape index (κ1) is 13.9. The van der Waals surface area contributed by atoms with Gasteiger partial charge in [0.15, 0.2) is 0 Å². The summed E-state index contributed by atoms with van der Waals surface area (Å²) in [6, 6.07) is 0.637. The Bertz CT molecular complexity index is 272. The van der Waals surface area contributed by atoms with Crippen molar-refractivity contribution in [2.24, 2.45) is 11.8 Å². The molecule has 2 atom stereocenters. The summed E-state index contributed by atoms with van der Waals surface area (Å²) in [4.78, 5) is 13.2.